The molecule has 1 aliphatic rings. The van der Waals surface area contributed by atoms with Gasteiger partial charge in [-0.2, -0.15) is 0 Å². The van der Waals surface area contributed by atoms with Crippen LogP contribution in [0.25, 0.3) is 0 Å². The molecule has 5 heteroatoms. The molecular formula is C19H18ClNO3. The van der Waals surface area contributed by atoms with Crippen molar-refractivity contribution in [3.8, 4) is 0 Å². The third-order valence-corrected chi connectivity index (χ3v) is 4.52. The molecule has 0 aliphatic carbocycles. The van der Waals surface area contributed by atoms with Crippen LogP contribution in [0.5, 0.6) is 0 Å². The van der Waals surface area contributed by atoms with Gasteiger partial charge in [0, 0.05) is 22.7 Å². The molecular weight excluding hydrogens is 326 g/mol. The summed E-state index contributed by atoms with van der Waals surface area (Å²) in [6, 6.07) is 13.5. The molecule has 4 nitrogen and oxygen atoms in total. The molecule has 3 rings (SSSR count). The third kappa shape index (κ3) is 2.72. The molecule has 0 unspecified atom stereocenters. The minimum atomic E-state index is -1.82. The standard InChI is InChI=1S/C19H18ClNO3/c1-2-11-21-16-6-4-3-5-15(16)19(24,18(21)23)12-17(22)13-7-9-14(20)10-8-13/h3-10,24H,2,11-12H2,1H3/t19-/m0/s1. The van der Waals surface area contributed by atoms with Crippen molar-refractivity contribution < 1.29 is 14.7 Å². The fraction of sp³-hybridized carbons (Fsp3) is 0.263. The highest BCUT2D eigenvalue weighted by atomic mass is 35.5. The van der Waals surface area contributed by atoms with Crippen LogP contribution in [0.15, 0.2) is 48.5 Å². The van der Waals surface area contributed by atoms with Gasteiger partial charge in [0.25, 0.3) is 5.91 Å². The lowest BCUT2D eigenvalue weighted by molar-refractivity contribution is -0.135. The minimum absolute atomic E-state index is 0.287. The zero-order valence-corrected chi connectivity index (χ0v) is 14.1. The molecule has 1 aliphatic heterocycles. The van der Waals surface area contributed by atoms with Gasteiger partial charge < -0.3 is 10.0 Å². The number of hydrogen-bond acceptors (Lipinski definition) is 3. The van der Waals surface area contributed by atoms with E-state index < -0.39 is 11.5 Å². The maximum absolute atomic E-state index is 12.8. The number of hydrogen-bond donors (Lipinski definition) is 1. The van der Waals surface area contributed by atoms with E-state index in [2.05, 4.69) is 0 Å². The number of Topliss-reactive ketones (excluding diaryl/α,β-unsaturated/α-hetero) is 1. The van der Waals surface area contributed by atoms with Crippen LogP contribution in [-0.4, -0.2) is 23.3 Å². The Hall–Kier alpha value is -2.17. The van der Waals surface area contributed by atoms with E-state index in [0.717, 1.165) is 6.42 Å². The van der Waals surface area contributed by atoms with E-state index in [0.29, 0.717) is 28.4 Å². The first kappa shape index (κ1) is 16.7. The number of carbonyl (C=O) groups is 2. The van der Waals surface area contributed by atoms with Gasteiger partial charge in [-0.05, 0) is 36.8 Å². The summed E-state index contributed by atoms with van der Waals surface area (Å²) in [7, 11) is 0. The number of benzene rings is 2. The highest BCUT2D eigenvalue weighted by Crippen LogP contribution is 2.42. The van der Waals surface area contributed by atoms with Gasteiger partial charge in [0.2, 0.25) is 0 Å². The largest absolute Gasteiger partial charge is 0.375 e. The van der Waals surface area contributed by atoms with Crippen molar-refractivity contribution in [2.24, 2.45) is 0 Å². The molecule has 124 valence electrons. The minimum Gasteiger partial charge on any atom is -0.375 e. The maximum Gasteiger partial charge on any atom is 0.264 e. The molecule has 1 amide bonds. The summed E-state index contributed by atoms with van der Waals surface area (Å²) in [4.78, 5) is 26.9. The number of amides is 1. The van der Waals surface area contributed by atoms with Gasteiger partial charge in [-0.15, -0.1) is 0 Å². The lowest BCUT2D eigenvalue weighted by atomic mass is 9.88. The van der Waals surface area contributed by atoms with Crippen LogP contribution < -0.4 is 4.90 Å². The van der Waals surface area contributed by atoms with Crippen molar-refractivity contribution in [2.45, 2.75) is 25.4 Å². The lowest BCUT2D eigenvalue weighted by Gasteiger charge is -2.22. The monoisotopic (exact) mass is 343 g/mol. The Bertz CT molecular complexity index is 787. The SMILES string of the molecule is CCCN1C(=O)[C@](O)(CC(=O)c2ccc(Cl)cc2)c2ccccc21. The molecule has 0 spiro atoms. The first-order valence-corrected chi connectivity index (χ1v) is 8.28. The van der Waals surface area contributed by atoms with Gasteiger partial charge in [0.1, 0.15) is 0 Å². The predicted molar refractivity (Wildman–Crippen MR) is 93.4 cm³/mol. The quantitative estimate of drug-likeness (QED) is 0.844. The zero-order chi connectivity index (χ0) is 17.3. The molecule has 2 aromatic carbocycles. The summed E-state index contributed by atoms with van der Waals surface area (Å²) in [5.74, 6) is -0.733. The maximum atomic E-state index is 12.8. The summed E-state index contributed by atoms with van der Waals surface area (Å²) in [6.07, 6.45) is 0.478. The summed E-state index contributed by atoms with van der Waals surface area (Å²) in [5.41, 5.74) is -0.226. The van der Waals surface area contributed by atoms with Crippen LogP contribution in [0.2, 0.25) is 5.02 Å². The molecule has 1 heterocycles. The van der Waals surface area contributed by atoms with Gasteiger partial charge in [-0.25, -0.2) is 0 Å². The van der Waals surface area contributed by atoms with Crippen LogP contribution in [0, 0.1) is 0 Å². The van der Waals surface area contributed by atoms with Gasteiger partial charge in [-0.1, -0.05) is 36.7 Å². The Morgan fingerprint density at radius 1 is 1.17 bits per heavy atom. The molecule has 0 radical (unpaired) electrons. The number of halogens is 1. The molecule has 0 saturated carbocycles. The number of nitrogens with zero attached hydrogens (tertiary/aromatic N) is 1. The van der Waals surface area contributed by atoms with Crippen LogP contribution in [0.4, 0.5) is 5.69 Å². The highest BCUT2D eigenvalue weighted by molar-refractivity contribution is 6.30. The second-order valence-electron chi connectivity index (χ2n) is 5.94. The number of carbonyl (C=O) groups excluding carboxylic acids is 2. The molecule has 0 bridgehead atoms. The molecule has 0 saturated heterocycles. The van der Waals surface area contributed by atoms with Gasteiger partial charge in [-0.3, -0.25) is 9.59 Å². The van der Waals surface area contributed by atoms with E-state index in [1.165, 1.54) is 0 Å². The first-order valence-electron chi connectivity index (χ1n) is 7.90. The van der Waals surface area contributed by atoms with Crippen molar-refractivity contribution in [1.29, 1.82) is 0 Å². The number of para-hydroxylation sites is 1. The second-order valence-corrected chi connectivity index (χ2v) is 6.38. The fourth-order valence-corrected chi connectivity index (χ4v) is 3.22. The average Bonchev–Trinajstić information content (AvgIpc) is 2.78. The van der Waals surface area contributed by atoms with Crippen molar-refractivity contribution in [3.63, 3.8) is 0 Å². The van der Waals surface area contributed by atoms with Gasteiger partial charge in [0.15, 0.2) is 11.4 Å². The van der Waals surface area contributed by atoms with E-state index in [9.17, 15) is 14.7 Å². The lowest BCUT2D eigenvalue weighted by Crippen LogP contribution is -2.42. The Labute approximate surface area is 145 Å². The van der Waals surface area contributed by atoms with E-state index in [1.54, 1.807) is 47.4 Å². The highest BCUT2D eigenvalue weighted by Gasteiger charge is 2.50. The van der Waals surface area contributed by atoms with Crippen molar-refractivity contribution in [2.75, 3.05) is 11.4 Å². The Morgan fingerprint density at radius 3 is 2.50 bits per heavy atom. The number of fused-ring (bicyclic) bond motifs is 1. The number of rotatable bonds is 5. The van der Waals surface area contributed by atoms with Crippen LogP contribution in [0.1, 0.15) is 35.7 Å². The van der Waals surface area contributed by atoms with Crippen LogP contribution in [-0.2, 0) is 10.4 Å². The average molecular weight is 344 g/mol. The normalized spacial score (nSPS) is 19.5. The Morgan fingerprint density at radius 2 is 1.83 bits per heavy atom. The Balaban J connectivity index is 1.95. The summed E-state index contributed by atoms with van der Waals surface area (Å²) >= 11 is 5.84. The summed E-state index contributed by atoms with van der Waals surface area (Å²) < 4.78 is 0. The molecule has 0 aromatic heterocycles. The van der Waals surface area contributed by atoms with Gasteiger partial charge in [0.05, 0.1) is 12.1 Å². The number of anilines is 1. The number of aliphatic hydroxyl groups is 1. The number of ketones is 1. The first-order chi connectivity index (χ1) is 11.5. The second kappa shape index (κ2) is 6.38. The van der Waals surface area contributed by atoms with Crippen molar-refractivity contribution in [1.82, 2.24) is 0 Å². The van der Waals surface area contributed by atoms with E-state index >= 15 is 0 Å². The van der Waals surface area contributed by atoms with Crippen LogP contribution in [0.3, 0.4) is 0 Å². The topological polar surface area (TPSA) is 57.6 Å². The molecule has 0 fully saturated rings. The molecule has 24 heavy (non-hydrogen) atoms. The smallest absolute Gasteiger partial charge is 0.264 e. The molecule has 1 atom stereocenters. The van der Waals surface area contributed by atoms with Crippen LogP contribution >= 0.6 is 11.6 Å². The van der Waals surface area contributed by atoms with Crippen molar-refractivity contribution in [3.05, 3.63) is 64.7 Å². The van der Waals surface area contributed by atoms with E-state index in [-0.39, 0.29) is 12.2 Å². The van der Waals surface area contributed by atoms with Gasteiger partial charge >= 0.3 is 0 Å². The fourth-order valence-electron chi connectivity index (χ4n) is 3.09. The molecule has 1 N–H and O–H groups in total. The summed E-state index contributed by atoms with van der Waals surface area (Å²) in [6.45, 7) is 2.47. The van der Waals surface area contributed by atoms with E-state index in [1.807, 2.05) is 13.0 Å². The van der Waals surface area contributed by atoms with Crippen molar-refractivity contribution >= 4 is 29.0 Å². The Kier molecular flexibility index (Phi) is 4.43. The third-order valence-electron chi connectivity index (χ3n) is 4.27. The summed E-state index contributed by atoms with van der Waals surface area (Å²) in [5, 5.41) is 11.6. The zero-order valence-electron chi connectivity index (χ0n) is 13.3. The molecule has 2 aromatic rings. The predicted octanol–water partition coefficient (Wildman–Crippen LogP) is 3.56. The van der Waals surface area contributed by atoms with E-state index in [4.69, 9.17) is 11.6 Å².